The van der Waals surface area contributed by atoms with E-state index in [-0.39, 0.29) is 17.0 Å². The van der Waals surface area contributed by atoms with Crippen molar-refractivity contribution in [3.05, 3.63) is 46.0 Å². The lowest BCUT2D eigenvalue weighted by atomic mass is 9.87. The van der Waals surface area contributed by atoms with Gasteiger partial charge < -0.3 is 10.0 Å². The van der Waals surface area contributed by atoms with Gasteiger partial charge in [0.15, 0.2) is 0 Å². The van der Waals surface area contributed by atoms with Crippen LogP contribution in [0.3, 0.4) is 0 Å². The highest BCUT2D eigenvalue weighted by molar-refractivity contribution is 5.39. The molecule has 2 aromatic heterocycles. The number of hydrogen-bond donors (Lipinski definition) is 3. The molecule has 0 saturated carbocycles. The van der Waals surface area contributed by atoms with Gasteiger partial charge in [0.2, 0.25) is 11.8 Å². The second kappa shape index (κ2) is 6.69. The standard InChI is InChI=1S/C18H24N6O2/c1-13-3-2-6-20-14(13)10-23-7-4-18(5-8-23)11-19-12-24(18)17-21-15(25)9-16(26)22-17/h2-3,6,9,19H,4-5,7-8,10-12H2,1H3,(H2,21,22,25,26). The Labute approximate surface area is 151 Å². The Kier molecular flexibility index (Phi) is 4.37. The van der Waals surface area contributed by atoms with E-state index < -0.39 is 0 Å². The fourth-order valence-electron chi connectivity index (χ4n) is 3.99. The third-order valence-corrected chi connectivity index (χ3v) is 5.55. The van der Waals surface area contributed by atoms with E-state index in [1.807, 2.05) is 12.3 Å². The van der Waals surface area contributed by atoms with E-state index in [9.17, 15) is 9.90 Å². The summed E-state index contributed by atoms with van der Waals surface area (Å²) in [5.74, 6) is 0.197. The van der Waals surface area contributed by atoms with Gasteiger partial charge in [-0.1, -0.05) is 6.07 Å². The van der Waals surface area contributed by atoms with Gasteiger partial charge in [0.05, 0.1) is 24.0 Å². The number of hydrogen-bond acceptors (Lipinski definition) is 7. The van der Waals surface area contributed by atoms with Crippen molar-refractivity contribution in [1.82, 2.24) is 25.2 Å². The molecule has 26 heavy (non-hydrogen) atoms. The Balaban J connectivity index is 1.48. The highest BCUT2D eigenvalue weighted by atomic mass is 16.3. The van der Waals surface area contributed by atoms with Crippen LogP contribution < -0.4 is 15.8 Å². The Morgan fingerprint density at radius 3 is 2.88 bits per heavy atom. The number of likely N-dealkylation sites (tertiary alicyclic amines) is 1. The summed E-state index contributed by atoms with van der Waals surface area (Å²) in [6.45, 7) is 6.33. The molecule has 0 aliphatic carbocycles. The molecule has 0 radical (unpaired) electrons. The summed E-state index contributed by atoms with van der Waals surface area (Å²) < 4.78 is 0. The number of aromatic hydroxyl groups is 1. The highest BCUT2D eigenvalue weighted by Gasteiger charge is 2.44. The molecule has 0 aromatic carbocycles. The molecule has 2 saturated heterocycles. The summed E-state index contributed by atoms with van der Waals surface area (Å²) in [5, 5.41) is 13.1. The number of nitrogens with zero attached hydrogens (tertiary/aromatic N) is 4. The zero-order valence-electron chi connectivity index (χ0n) is 14.9. The smallest absolute Gasteiger partial charge is 0.256 e. The van der Waals surface area contributed by atoms with Gasteiger partial charge >= 0.3 is 0 Å². The van der Waals surface area contributed by atoms with Crippen LogP contribution in [0.15, 0.2) is 29.2 Å². The molecule has 2 aliphatic rings. The second-order valence-electron chi connectivity index (χ2n) is 7.21. The van der Waals surface area contributed by atoms with Crippen LogP contribution in [0.1, 0.15) is 24.1 Å². The minimum atomic E-state index is -0.336. The lowest BCUT2D eigenvalue weighted by Gasteiger charge is -2.44. The van der Waals surface area contributed by atoms with Crippen molar-refractivity contribution in [2.45, 2.75) is 31.8 Å². The van der Waals surface area contributed by atoms with Crippen molar-refractivity contribution < 1.29 is 5.11 Å². The van der Waals surface area contributed by atoms with Crippen LogP contribution in [-0.4, -0.2) is 56.8 Å². The van der Waals surface area contributed by atoms with Crippen molar-refractivity contribution in [3.8, 4) is 5.88 Å². The second-order valence-corrected chi connectivity index (χ2v) is 7.21. The zero-order chi connectivity index (χ0) is 18.1. The van der Waals surface area contributed by atoms with Crippen LogP contribution in [-0.2, 0) is 6.54 Å². The van der Waals surface area contributed by atoms with Crippen molar-refractivity contribution in [1.29, 1.82) is 0 Å². The van der Waals surface area contributed by atoms with Gasteiger partial charge in [-0.25, -0.2) is 0 Å². The van der Waals surface area contributed by atoms with Crippen molar-refractivity contribution in [2.24, 2.45) is 0 Å². The van der Waals surface area contributed by atoms with E-state index in [4.69, 9.17) is 0 Å². The monoisotopic (exact) mass is 356 g/mol. The predicted molar refractivity (Wildman–Crippen MR) is 98.1 cm³/mol. The van der Waals surface area contributed by atoms with Crippen LogP contribution >= 0.6 is 0 Å². The number of aromatic nitrogens is 3. The van der Waals surface area contributed by atoms with Crippen LogP contribution in [0, 0.1) is 6.92 Å². The van der Waals surface area contributed by atoms with Crippen LogP contribution in [0.25, 0.3) is 0 Å². The summed E-state index contributed by atoms with van der Waals surface area (Å²) in [7, 11) is 0. The topological polar surface area (TPSA) is 97.4 Å². The van der Waals surface area contributed by atoms with Crippen LogP contribution in [0.5, 0.6) is 5.88 Å². The number of anilines is 1. The zero-order valence-corrected chi connectivity index (χ0v) is 14.9. The molecule has 0 bridgehead atoms. The largest absolute Gasteiger partial charge is 0.493 e. The molecule has 0 unspecified atom stereocenters. The molecule has 8 nitrogen and oxygen atoms in total. The minimum absolute atomic E-state index is 0.0839. The minimum Gasteiger partial charge on any atom is -0.493 e. The summed E-state index contributed by atoms with van der Waals surface area (Å²) in [4.78, 5) is 27.6. The first-order chi connectivity index (χ1) is 12.6. The molecule has 0 amide bonds. The number of piperidine rings is 1. The van der Waals surface area contributed by atoms with Crippen LogP contribution in [0.2, 0.25) is 0 Å². The normalized spacial score (nSPS) is 20.0. The average molecular weight is 356 g/mol. The summed E-state index contributed by atoms with van der Waals surface area (Å²) >= 11 is 0. The summed E-state index contributed by atoms with van der Waals surface area (Å²) in [6, 6.07) is 5.16. The lowest BCUT2D eigenvalue weighted by molar-refractivity contribution is 0.160. The Hall–Kier alpha value is -2.45. The SMILES string of the molecule is Cc1cccnc1CN1CCC2(CC1)CNCN2c1nc(O)cc(=O)[nH]1. The molecular weight excluding hydrogens is 332 g/mol. The maximum Gasteiger partial charge on any atom is 0.256 e. The fourth-order valence-corrected chi connectivity index (χ4v) is 3.99. The predicted octanol–water partition coefficient (Wildman–Crippen LogP) is 0.581. The Bertz CT molecular complexity index is 844. The molecule has 2 fully saturated rings. The van der Waals surface area contributed by atoms with Gasteiger partial charge in [0.1, 0.15) is 0 Å². The average Bonchev–Trinajstić information content (AvgIpc) is 3.01. The Morgan fingerprint density at radius 1 is 1.35 bits per heavy atom. The third kappa shape index (κ3) is 3.17. The van der Waals surface area contributed by atoms with E-state index in [2.05, 4.69) is 43.1 Å². The molecule has 2 aromatic rings. The summed E-state index contributed by atoms with van der Waals surface area (Å²) in [5.41, 5.74) is 1.93. The maximum atomic E-state index is 11.7. The Morgan fingerprint density at radius 2 is 2.15 bits per heavy atom. The molecular formula is C18H24N6O2. The molecule has 4 heterocycles. The number of aryl methyl sites for hydroxylation is 1. The van der Waals surface area contributed by atoms with E-state index >= 15 is 0 Å². The van der Waals surface area contributed by atoms with Crippen molar-refractivity contribution in [3.63, 3.8) is 0 Å². The van der Waals surface area contributed by atoms with Crippen molar-refractivity contribution >= 4 is 5.95 Å². The number of pyridine rings is 1. The van der Waals surface area contributed by atoms with Gasteiger partial charge in [-0.2, -0.15) is 4.98 Å². The first kappa shape index (κ1) is 17.0. The molecule has 3 N–H and O–H groups in total. The number of nitrogens with one attached hydrogen (secondary N) is 2. The van der Waals surface area contributed by atoms with E-state index in [1.165, 1.54) is 5.56 Å². The van der Waals surface area contributed by atoms with Gasteiger partial charge in [-0.15, -0.1) is 0 Å². The lowest BCUT2D eigenvalue weighted by Crippen LogP contribution is -2.54. The van der Waals surface area contributed by atoms with Gasteiger partial charge in [0.25, 0.3) is 5.56 Å². The maximum absolute atomic E-state index is 11.7. The number of rotatable bonds is 3. The van der Waals surface area contributed by atoms with Gasteiger partial charge in [0, 0.05) is 32.4 Å². The first-order valence-electron chi connectivity index (χ1n) is 8.97. The molecule has 138 valence electrons. The van der Waals surface area contributed by atoms with E-state index in [0.717, 1.165) is 50.8 Å². The number of aromatic amines is 1. The molecule has 4 rings (SSSR count). The van der Waals surface area contributed by atoms with Crippen molar-refractivity contribution in [2.75, 3.05) is 31.2 Å². The van der Waals surface area contributed by atoms with Gasteiger partial charge in [-0.3, -0.25) is 25.0 Å². The van der Waals surface area contributed by atoms with Gasteiger partial charge in [-0.05, 0) is 31.4 Å². The quantitative estimate of drug-likeness (QED) is 0.740. The molecule has 2 aliphatic heterocycles. The van der Waals surface area contributed by atoms with E-state index in [1.54, 1.807) is 0 Å². The molecule has 1 spiro atoms. The van der Waals surface area contributed by atoms with E-state index in [0.29, 0.717) is 12.6 Å². The molecule has 8 heteroatoms. The highest BCUT2D eigenvalue weighted by Crippen LogP contribution is 2.34. The molecule has 0 atom stereocenters. The first-order valence-corrected chi connectivity index (χ1v) is 8.97. The number of H-pyrrole nitrogens is 1. The van der Waals surface area contributed by atoms with Crippen LogP contribution in [0.4, 0.5) is 5.95 Å². The fraction of sp³-hybridized carbons (Fsp3) is 0.500. The summed E-state index contributed by atoms with van der Waals surface area (Å²) in [6.07, 6.45) is 3.77. The third-order valence-electron chi connectivity index (χ3n) is 5.55.